The number of nitrogens with zero attached hydrogens (tertiary/aromatic N) is 1. The SMILES string of the molecule is Cc1ccc(NC(=O)c2cccc(N(C)C)c2)cc1Cl. The monoisotopic (exact) mass is 288 g/mol. The van der Waals surface area contributed by atoms with Gasteiger partial charge in [0.25, 0.3) is 5.91 Å². The molecule has 0 aliphatic carbocycles. The summed E-state index contributed by atoms with van der Waals surface area (Å²) in [5.74, 6) is -0.145. The largest absolute Gasteiger partial charge is 0.378 e. The first kappa shape index (κ1) is 14.4. The average molecular weight is 289 g/mol. The highest BCUT2D eigenvalue weighted by molar-refractivity contribution is 6.31. The van der Waals surface area contributed by atoms with Crippen molar-refractivity contribution in [1.82, 2.24) is 0 Å². The molecule has 1 N–H and O–H groups in total. The van der Waals surface area contributed by atoms with Crippen LogP contribution in [0.3, 0.4) is 0 Å². The van der Waals surface area contributed by atoms with Crippen molar-refractivity contribution in [2.24, 2.45) is 0 Å². The molecule has 4 heteroatoms. The van der Waals surface area contributed by atoms with Gasteiger partial charge in [-0.3, -0.25) is 4.79 Å². The Hall–Kier alpha value is -2.00. The first-order valence-corrected chi connectivity index (χ1v) is 6.70. The molecule has 104 valence electrons. The number of anilines is 2. The van der Waals surface area contributed by atoms with Crippen LogP contribution in [-0.2, 0) is 0 Å². The highest BCUT2D eigenvalue weighted by Gasteiger charge is 2.08. The number of carbonyl (C=O) groups excluding carboxylic acids is 1. The van der Waals surface area contributed by atoms with Gasteiger partial charge in [0.1, 0.15) is 0 Å². The van der Waals surface area contributed by atoms with Crippen molar-refractivity contribution in [3.63, 3.8) is 0 Å². The van der Waals surface area contributed by atoms with E-state index in [1.807, 2.05) is 56.3 Å². The molecule has 1 amide bonds. The molecular weight excluding hydrogens is 272 g/mol. The molecular formula is C16H17ClN2O. The van der Waals surface area contributed by atoms with Gasteiger partial charge in [-0.05, 0) is 42.8 Å². The van der Waals surface area contributed by atoms with Crippen LogP contribution in [-0.4, -0.2) is 20.0 Å². The predicted molar refractivity (Wildman–Crippen MR) is 84.9 cm³/mol. The number of rotatable bonds is 3. The normalized spacial score (nSPS) is 10.2. The fourth-order valence-electron chi connectivity index (χ4n) is 1.80. The highest BCUT2D eigenvalue weighted by atomic mass is 35.5. The van der Waals surface area contributed by atoms with Gasteiger partial charge in [-0.2, -0.15) is 0 Å². The van der Waals surface area contributed by atoms with E-state index >= 15 is 0 Å². The van der Waals surface area contributed by atoms with Crippen LogP contribution >= 0.6 is 11.6 Å². The average Bonchev–Trinajstić information content (AvgIpc) is 2.43. The van der Waals surface area contributed by atoms with Crippen molar-refractivity contribution in [2.45, 2.75) is 6.92 Å². The third-order valence-corrected chi connectivity index (χ3v) is 3.46. The zero-order valence-corrected chi connectivity index (χ0v) is 12.5. The molecule has 0 heterocycles. The Morgan fingerprint density at radius 3 is 2.55 bits per heavy atom. The lowest BCUT2D eigenvalue weighted by atomic mass is 10.1. The van der Waals surface area contributed by atoms with E-state index in [-0.39, 0.29) is 5.91 Å². The Morgan fingerprint density at radius 2 is 1.90 bits per heavy atom. The topological polar surface area (TPSA) is 32.3 Å². The van der Waals surface area contributed by atoms with Crippen molar-refractivity contribution in [2.75, 3.05) is 24.3 Å². The highest BCUT2D eigenvalue weighted by Crippen LogP contribution is 2.21. The summed E-state index contributed by atoms with van der Waals surface area (Å²) in [5, 5.41) is 3.49. The van der Waals surface area contributed by atoms with Crippen LogP contribution in [0.25, 0.3) is 0 Å². The summed E-state index contributed by atoms with van der Waals surface area (Å²) in [4.78, 5) is 14.2. The van der Waals surface area contributed by atoms with Crippen molar-refractivity contribution in [3.05, 3.63) is 58.6 Å². The number of amides is 1. The smallest absolute Gasteiger partial charge is 0.255 e. The van der Waals surface area contributed by atoms with Crippen molar-refractivity contribution in [1.29, 1.82) is 0 Å². The fourth-order valence-corrected chi connectivity index (χ4v) is 1.98. The van der Waals surface area contributed by atoms with E-state index in [4.69, 9.17) is 11.6 Å². The van der Waals surface area contributed by atoms with Crippen molar-refractivity contribution >= 4 is 28.9 Å². The molecule has 0 fully saturated rings. The molecule has 0 atom stereocenters. The van der Waals surface area contributed by atoms with E-state index in [1.54, 1.807) is 12.1 Å². The van der Waals surface area contributed by atoms with E-state index in [0.29, 0.717) is 16.3 Å². The van der Waals surface area contributed by atoms with E-state index < -0.39 is 0 Å². The Morgan fingerprint density at radius 1 is 1.15 bits per heavy atom. The minimum atomic E-state index is -0.145. The Kier molecular flexibility index (Phi) is 4.30. The van der Waals surface area contributed by atoms with Gasteiger partial charge in [-0.1, -0.05) is 23.7 Å². The third-order valence-electron chi connectivity index (χ3n) is 3.05. The Balaban J connectivity index is 2.19. The fraction of sp³-hybridized carbons (Fsp3) is 0.188. The minimum absolute atomic E-state index is 0.145. The number of carbonyl (C=O) groups is 1. The van der Waals surface area contributed by atoms with Crippen LogP contribution in [0.4, 0.5) is 11.4 Å². The standard InChI is InChI=1S/C16H17ClN2O/c1-11-7-8-13(10-15(11)17)18-16(20)12-5-4-6-14(9-12)19(2)3/h4-10H,1-3H3,(H,18,20). The molecule has 0 aliphatic heterocycles. The third kappa shape index (κ3) is 3.31. The minimum Gasteiger partial charge on any atom is -0.378 e. The number of nitrogens with one attached hydrogen (secondary N) is 1. The molecule has 0 radical (unpaired) electrons. The predicted octanol–water partition coefficient (Wildman–Crippen LogP) is 3.97. The second-order valence-corrected chi connectivity index (χ2v) is 5.27. The van der Waals surface area contributed by atoms with Crippen LogP contribution in [0, 0.1) is 6.92 Å². The van der Waals surface area contributed by atoms with Crippen LogP contribution in [0.5, 0.6) is 0 Å². The quantitative estimate of drug-likeness (QED) is 0.927. The van der Waals surface area contributed by atoms with Gasteiger partial charge >= 0.3 is 0 Å². The molecule has 0 aliphatic rings. The second kappa shape index (κ2) is 5.97. The molecule has 0 unspecified atom stereocenters. The van der Waals surface area contributed by atoms with Crippen LogP contribution in [0.15, 0.2) is 42.5 Å². The van der Waals surface area contributed by atoms with Crippen molar-refractivity contribution < 1.29 is 4.79 Å². The molecule has 3 nitrogen and oxygen atoms in total. The zero-order valence-electron chi connectivity index (χ0n) is 11.8. The first-order chi connectivity index (χ1) is 9.47. The van der Waals surface area contributed by atoms with Crippen LogP contribution < -0.4 is 10.2 Å². The molecule has 0 saturated carbocycles. The lowest BCUT2D eigenvalue weighted by Gasteiger charge is -2.13. The summed E-state index contributed by atoms with van der Waals surface area (Å²) >= 11 is 6.05. The molecule has 0 spiro atoms. The molecule has 0 bridgehead atoms. The number of aryl methyl sites for hydroxylation is 1. The second-order valence-electron chi connectivity index (χ2n) is 4.86. The first-order valence-electron chi connectivity index (χ1n) is 6.32. The van der Waals surface area contributed by atoms with Gasteiger partial charge in [0.15, 0.2) is 0 Å². The van der Waals surface area contributed by atoms with Crippen LogP contribution in [0.2, 0.25) is 5.02 Å². The summed E-state index contributed by atoms with van der Waals surface area (Å²) < 4.78 is 0. The summed E-state index contributed by atoms with van der Waals surface area (Å²) in [6.07, 6.45) is 0. The van der Waals surface area contributed by atoms with E-state index in [2.05, 4.69) is 5.32 Å². The van der Waals surface area contributed by atoms with E-state index in [9.17, 15) is 4.79 Å². The van der Waals surface area contributed by atoms with Gasteiger partial charge < -0.3 is 10.2 Å². The van der Waals surface area contributed by atoms with Crippen molar-refractivity contribution in [3.8, 4) is 0 Å². The maximum atomic E-state index is 12.2. The Bertz CT molecular complexity index is 638. The summed E-state index contributed by atoms with van der Waals surface area (Å²) in [6, 6.07) is 12.9. The number of hydrogen-bond acceptors (Lipinski definition) is 2. The maximum absolute atomic E-state index is 12.2. The van der Waals surface area contributed by atoms with Gasteiger partial charge in [0.2, 0.25) is 0 Å². The lowest BCUT2D eigenvalue weighted by molar-refractivity contribution is 0.102. The Labute approximate surface area is 124 Å². The molecule has 20 heavy (non-hydrogen) atoms. The zero-order chi connectivity index (χ0) is 14.7. The lowest BCUT2D eigenvalue weighted by Crippen LogP contribution is -2.14. The molecule has 0 aromatic heterocycles. The summed E-state index contributed by atoms with van der Waals surface area (Å²) in [6.45, 7) is 1.93. The molecule has 2 rings (SSSR count). The van der Waals surface area contributed by atoms with Crippen LogP contribution in [0.1, 0.15) is 15.9 Å². The van der Waals surface area contributed by atoms with E-state index in [1.165, 1.54) is 0 Å². The van der Waals surface area contributed by atoms with E-state index in [0.717, 1.165) is 11.3 Å². The summed E-state index contributed by atoms with van der Waals surface area (Å²) in [5.41, 5.74) is 3.28. The number of halogens is 1. The van der Waals surface area contributed by atoms with Gasteiger partial charge in [0.05, 0.1) is 0 Å². The number of hydrogen-bond donors (Lipinski definition) is 1. The maximum Gasteiger partial charge on any atom is 0.255 e. The molecule has 0 saturated heterocycles. The van der Waals surface area contributed by atoms with Gasteiger partial charge in [-0.25, -0.2) is 0 Å². The summed E-state index contributed by atoms with van der Waals surface area (Å²) in [7, 11) is 3.88. The van der Waals surface area contributed by atoms with Gasteiger partial charge in [0, 0.05) is 36.1 Å². The molecule has 2 aromatic carbocycles. The molecule has 2 aromatic rings. The van der Waals surface area contributed by atoms with Gasteiger partial charge in [-0.15, -0.1) is 0 Å². The number of benzene rings is 2.